The maximum absolute atomic E-state index is 13.1. The molecular formula is C30H33ClN4O2. The summed E-state index contributed by atoms with van der Waals surface area (Å²) in [4.78, 5) is 15.6. The molecule has 0 unspecified atom stereocenters. The van der Waals surface area contributed by atoms with Gasteiger partial charge in [0.2, 0.25) is 0 Å². The number of amides is 1. The van der Waals surface area contributed by atoms with Gasteiger partial charge in [-0.3, -0.25) is 9.69 Å². The first-order valence-corrected chi connectivity index (χ1v) is 13.2. The highest BCUT2D eigenvalue weighted by molar-refractivity contribution is 6.31. The van der Waals surface area contributed by atoms with Crippen molar-refractivity contribution < 1.29 is 9.53 Å². The molecule has 2 saturated heterocycles. The van der Waals surface area contributed by atoms with Crippen LogP contribution >= 0.6 is 11.6 Å². The van der Waals surface area contributed by atoms with Crippen molar-refractivity contribution in [1.29, 1.82) is 5.26 Å². The standard InChI is InChI=1S/C30H33ClN4O2/c1-29(2)27(30(3,4)28(29)37-24-12-11-22(14-32)25(31)13-24)34-26(36)21-9-7-19(8-10-21)5-6-20-17-35(18-20)23-15-33-16-23/h7-13,20,23,27-28,33H,15-18H2,1-4H3,(H,34,36)/t27-,28-. The number of benzene rings is 2. The first-order valence-electron chi connectivity index (χ1n) is 12.8. The molecule has 3 fully saturated rings. The van der Waals surface area contributed by atoms with Crippen molar-refractivity contribution in [2.24, 2.45) is 16.7 Å². The Bertz CT molecular complexity index is 1280. The highest BCUT2D eigenvalue weighted by atomic mass is 35.5. The lowest BCUT2D eigenvalue weighted by atomic mass is 9.49. The minimum atomic E-state index is -0.308. The van der Waals surface area contributed by atoms with Crippen molar-refractivity contribution in [2.45, 2.75) is 45.9 Å². The van der Waals surface area contributed by atoms with Crippen molar-refractivity contribution in [3.05, 3.63) is 64.2 Å². The van der Waals surface area contributed by atoms with E-state index in [9.17, 15) is 4.79 Å². The predicted molar refractivity (Wildman–Crippen MR) is 144 cm³/mol. The fraction of sp³-hybridized carbons (Fsp3) is 0.467. The molecule has 0 bridgehead atoms. The number of nitrogens with one attached hydrogen (secondary N) is 2. The van der Waals surface area contributed by atoms with Crippen LogP contribution in [0.15, 0.2) is 42.5 Å². The monoisotopic (exact) mass is 516 g/mol. The Morgan fingerprint density at radius 2 is 1.78 bits per heavy atom. The molecule has 2 aromatic rings. The molecule has 1 amide bonds. The van der Waals surface area contributed by atoms with E-state index in [4.69, 9.17) is 21.6 Å². The van der Waals surface area contributed by atoms with Gasteiger partial charge in [0, 0.05) is 72.2 Å². The number of ether oxygens (including phenoxy) is 1. The second kappa shape index (κ2) is 9.69. The van der Waals surface area contributed by atoms with Gasteiger partial charge in [-0.15, -0.1) is 0 Å². The lowest BCUT2D eigenvalue weighted by Gasteiger charge is -2.63. The summed E-state index contributed by atoms with van der Waals surface area (Å²) in [5.41, 5.74) is 1.35. The summed E-state index contributed by atoms with van der Waals surface area (Å²) in [7, 11) is 0. The van der Waals surface area contributed by atoms with Gasteiger partial charge in [-0.05, 0) is 36.4 Å². The minimum absolute atomic E-state index is 0.0850. The molecule has 3 aliphatic rings. The van der Waals surface area contributed by atoms with E-state index in [-0.39, 0.29) is 28.9 Å². The molecule has 7 heteroatoms. The van der Waals surface area contributed by atoms with Crippen LogP contribution in [0.25, 0.3) is 0 Å². The number of likely N-dealkylation sites (tertiary alicyclic amines) is 1. The Morgan fingerprint density at radius 1 is 1.11 bits per heavy atom. The fourth-order valence-corrected chi connectivity index (χ4v) is 6.35. The molecular weight excluding hydrogens is 484 g/mol. The number of carbonyl (C=O) groups excluding carboxylic acids is 1. The third-order valence-electron chi connectivity index (χ3n) is 8.18. The Kier molecular flexibility index (Phi) is 6.71. The van der Waals surface area contributed by atoms with Gasteiger partial charge in [0.05, 0.1) is 10.6 Å². The van der Waals surface area contributed by atoms with Crippen LogP contribution in [0, 0.1) is 39.9 Å². The average Bonchev–Trinajstić information content (AvgIpc) is 2.81. The Balaban J connectivity index is 1.18. The van der Waals surface area contributed by atoms with Gasteiger partial charge in [-0.25, -0.2) is 0 Å². The van der Waals surface area contributed by atoms with E-state index < -0.39 is 0 Å². The van der Waals surface area contributed by atoms with Crippen LogP contribution in [0.2, 0.25) is 5.02 Å². The number of nitriles is 1. The van der Waals surface area contributed by atoms with Crippen LogP contribution in [0.4, 0.5) is 0 Å². The molecule has 37 heavy (non-hydrogen) atoms. The van der Waals surface area contributed by atoms with Gasteiger partial charge in [0.15, 0.2) is 0 Å². The Morgan fingerprint density at radius 3 is 2.35 bits per heavy atom. The van der Waals surface area contributed by atoms with E-state index in [0.29, 0.717) is 33.9 Å². The van der Waals surface area contributed by atoms with E-state index in [1.165, 1.54) is 0 Å². The van der Waals surface area contributed by atoms with Crippen LogP contribution in [-0.4, -0.2) is 55.2 Å². The Hall–Kier alpha value is -3.03. The molecule has 0 radical (unpaired) electrons. The highest BCUT2D eigenvalue weighted by Crippen LogP contribution is 2.55. The summed E-state index contributed by atoms with van der Waals surface area (Å²) in [5, 5.41) is 16.0. The second-order valence-corrected chi connectivity index (χ2v) is 12.0. The summed E-state index contributed by atoms with van der Waals surface area (Å²) in [6.07, 6.45) is -0.144. The molecule has 1 saturated carbocycles. The summed E-state index contributed by atoms with van der Waals surface area (Å²) < 4.78 is 6.32. The largest absolute Gasteiger partial charge is 0.489 e. The van der Waals surface area contributed by atoms with Crippen molar-refractivity contribution in [1.82, 2.24) is 15.5 Å². The van der Waals surface area contributed by atoms with Crippen LogP contribution < -0.4 is 15.4 Å². The first-order chi connectivity index (χ1) is 17.6. The molecule has 2 aliphatic heterocycles. The van der Waals surface area contributed by atoms with Gasteiger partial charge in [0.1, 0.15) is 17.9 Å². The molecule has 5 rings (SSSR count). The molecule has 192 valence electrons. The number of halogens is 1. The lowest BCUT2D eigenvalue weighted by Crippen LogP contribution is -2.74. The van der Waals surface area contributed by atoms with Crippen molar-refractivity contribution in [3.63, 3.8) is 0 Å². The third kappa shape index (κ3) is 4.82. The topological polar surface area (TPSA) is 77.4 Å². The highest BCUT2D eigenvalue weighted by Gasteiger charge is 2.64. The lowest BCUT2D eigenvalue weighted by molar-refractivity contribution is -0.164. The molecule has 2 heterocycles. The second-order valence-electron chi connectivity index (χ2n) is 11.6. The molecule has 0 aromatic heterocycles. The average molecular weight is 517 g/mol. The minimum Gasteiger partial charge on any atom is -0.489 e. The van der Waals surface area contributed by atoms with Gasteiger partial charge >= 0.3 is 0 Å². The smallest absolute Gasteiger partial charge is 0.251 e. The summed E-state index contributed by atoms with van der Waals surface area (Å²) in [6, 6.07) is 15.3. The maximum atomic E-state index is 13.1. The molecule has 2 N–H and O–H groups in total. The van der Waals surface area contributed by atoms with Crippen molar-refractivity contribution in [2.75, 3.05) is 26.2 Å². The molecule has 6 nitrogen and oxygen atoms in total. The van der Waals surface area contributed by atoms with Gasteiger partial charge in [0.25, 0.3) is 5.91 Å². The maximum Gasteiger partial charge on any atom is 0.251 e. The van der Waals surface area contributed by atoms with Gasteiger partial charge in [-0.2, -0.15) is 5.26 Å². The zero-order chi connectivity index (χ0) is 26.4. The van der Waals surface area contributed by atoms with Gasteiger partial charge < -0.3 is 15.4 Å². The van der Waals surface area contributed by atoms with E-state index in [1.807, 2.05) is 24.3 Å². The van der Waals surface area contributed by atoms with Crippen LogP contribution in [0.3, 0.4) is 0 Å². The number of hydrogen-bond acceptors (Lipinski definition) is 5. The molecule has 2 aromatic carbocycles. The van der Waals surface area contributed by atoms with E-state index >= 15 is 0 Å². The normalized spacial score (nSPS) is 24.3. The molecule has 1 aliphatic carbocycles. The quantitative estimate of drug-likeness (QED) is 0.586. The van der Waals surface area contributed by atoms with E-state index in [1.54, 1.807) is 18.2 Å². The SMILES string of the molecule is CC1(C)[C@H](NC(=O)c2ccc(C#CC3CN(C4CNC4)C3)cc2)C(C)(C)[C@H]1Oc1ccc(C#N)c(Cl)c1. The van der Waals surface area contributed by atoms with E-state index in [0.717, 1.165) is 31.7 Å². The predicted octanol–water partition coefficient (Wildman–Crippen LogP) is 4.08. The summed E-state index contributed by atoms with van der Waals surface area (Å²) >= 11 is 6.19. The number of rotatable bonds is 5. The number of carbonyl (C=O) groups is 1. The zero-order valence-electron chi connectivity index (χ0n) is 21.8. The van der Waals surface area contributed by atoms with E-state index in [2.05, 4.69) is 61.1 Å². The third-order valence-corrected chi connectivity index (χ3v) is 8.50. The number of nitrogens with zero attached hydrogens (tertiary/aromatic N) is 2. The van der Waals surface area contributed by atoms with Crippen molar-refractivity contribution >= 4 is 17.5 Å². The molecule has 0 spiro atoms. The van der Waals surface area contributed by atoms with Crippen molar-refractivity contribution in [3.8, 4) is 23.7 Å². The van der Waals surface area contributed by atoms with Gasteiger partial charge in [-0.1, -0.05) is 51.1 Å². The Labute approximate surface area is 224 Å². The zero-order valence-corrected chi connectivity index (χ0v) is 22.5. The molecule has 0 atom stereocenters. The van der Waals surface area contributed by atoms with Crippen LogP contribution in [0.1, 0.15) is 49.2 Å². The van der Waals surface area contributed by atoms with Crippen LogP contribution in [0.5, 0.6) is 5.75 Å². The summed E-state index contributed by atoms with van der Waals surface area (Å²) in [6.45, 7) is 12.7. The fourth-order valence-electron chi connectivity index (χ4n) is 6.13. The number of hydrogen-bond donors (Lipinski definition) is 2. The first kappa shape index (κ1) is 25.6. The van der Waals surface area contributed by atoms with Crippen LogP contribution in [-0.2, 0) is 0 Å². The summed E-state index contributed by atoms with van der Waals surface area (Å²) in [5.74, 6) is 7.59.